The molecule has 8 heteroatoms. The normalized spacial score (nSPS) is 13.4. The topological polar surface area (TPSA) is 103 Å². The van der Waals surface area contributed by atoms with E-state index in [4.69, 9.17) is 18.3 Å². The zero-order chi connectivity index (χ0) is 24.0. The summed E-state index contributed by atoms with van der Waals surface area (Å²) in [6, 6.07) is 11.2. The number of methoxy groups -OCH3 is 3. The van der Waals surface area contributed by atoms with E-state index >= 15 is 0 Å². The third-order valence-electron chi connectivity index (χ3n) is 4.35. The molecule has 1 heterocycles. The lowest BCUT2D eigenvalue weighted by atomic mass is 10.1. The van der Waals surface area contributed by atoms with Crippen LogP contribution in [-0.2, 0) is 0 Å². The predicted octanol–water partition coefficient (Wildman–Crippen LogP) is 2.63. The van der Waals surface area contributed by atoms with Crippen molar-refractivity contribution in [2.24, 2.45) is 0 Å². The Morgan fingerprint density at radius 1 is 1.07 bits per heavy atom. The first kappa shape index (κ1) is 17.2. The minimum absolute atomic E-state index is 0.0609. The zero-order valence-corrected chi connectivity index (χ0v) is 16.5. The molecular formula is C22H23N3O5. The molecule has 3 rings (SSSR count). The van der Waals surface area contributed by atoms with Crippen molar-refractivity contribution >= 4 is 5.91 Å². The number of amides is 1. The molecule has 156 valence electrons. The summed E-state index contributed by atoms with van der Waals surface area (Å²) in [6.07, 6.45) is 1.79. The summed E-state index contributed by atoms with van der Waals surface area (Å²) in [6.45, 7) is -0.0672. The largest absolute Gasteiger partial charge is 0.497 e. The zero-order valence-electron chi connectivity index (χ0n) is 19.5. The van der Waals surface area contributed by atoms with Crippen molar-refractivity contribution in [3.63, 3.8) is 0 Å². The van der Waals surface area contributed by atoms with Crippen molar-refractivity contribution in [3.05, 3.63) is 66.1 Å². The van der Waals surface area contributed by atoms with Gasteiger partial charge in [0.05, 0.1) is 49.6 Å². The number of ether oxygens (including phenoxy) is 3. The average molecular weight is 412 g/mol. The quantitative estimate of drug-likeness (QED) is 0.586. The van der Waals surface area contributed by atoms with Crippen LogP contribution in [0.5, 0.6) is 17.2 Å². The Hall–Kier alpha value is -3.65. The van der Waals surface area contributed by atoms with Gasteiger partial charge in [-0.2, -0.15) is 0 Å². The number of nitrogens with zero attached hydrogens (tertiary/aromatic N) is 2. The Kier molecular flexibility index (Phi) is 5.57. The third-order valence-corrected chi connectivity index (χ3v) is 4.35. The Morgan fingerprint density at radius 3 is 2.40 bits per heavy atom. The monoisotopic (exact) mass is 412 g/mol. The molecule has 30 heavy (non-hydrogen) atoms. The fraction of sp³-hybridized carbons (Fsp3) is 0.227. The van der Waals surface area contributed by atoms with Crippen molar-refractivity contribution in [1.82, 2.24) is 15.3 Å². The van der Waals surface area contributed by atoms with Crippen LogP contribution in [0.4, 0.5) is 0 Å². The molecule has 8 nitrogen and oxygen atoms in total. The molecule has 3 aromatic rings. The number of aliphatic hydroxyl groups excluding tert-OH is 1. The molecule has 0 saturated carbocycles. The second-order valence-electron chi connectivity index (χ2n) is 6.29. The first-order valence-electron chi connectivity index (χ1n) is 10.5. The van der Waals surface area contributed by atoms with Crippen LogP contribution in [0.15, 0.2) is 54.9 Å². The highest BCUT2D eigenvalue weighted by molar-refractivity contribution is 5.92. The van der Waals surface area contributed by atoms with Crippen molar-refractivity contribution in [2.45, 2.75) is 6.10 Å². The Morgan fingerprint density at radius 2 is 1.77 bits per heavy atom. The number of rotatable bonds is 8. The summed E-state index contributed by atoms with van der Waals surface area (Å²) in [4.78, 5) is 20.9. The third kappa shape index (κ3) is 5.03. The van der Waals surface area contributed by atoms with Crippen LogP contribution >= 0.6 is 0 Å². The van der Waals surface area contributed by atoms with Gasteiger partial charge in [0, 0.05) is 18.2 Å². The lowest BCUT2D eigenvalue weighted by Crippen LogP contribution is -2.29. The molecule has 0 radical (unpaired) electrons. The summed E-state index contributed by atoms with van der Waals surface area (Å²) in [5, 5.41) is 13.1. The fourth-order valence-corrected chi connectivity index (χ4v) is 2.73. The van der Waals surface area contributed by atoms with Crippen LogP contribution < -0.4 is 19.5 Å². The molecule has 1 amide bonds. The molecular weight excluding hydrogens is 386 g/mol. The van der Waals surface area contributed by atoms with E-state index in [9.17, 15) is 9.90 Å². The van der Waals surface area contributed by atoms with Crippen molar-refractivity contribution in [3.8, 4) is 28.5 Å². The van der Waals surface area contributed by atoms with Gasteiger partial charge in [-0.15, -0.1) is 0 Å². The van der Waals surface area contributed by atoms with E-state index in [1.165, 1.54) is 38.7 Å². The minimum atomic E-state index is -2.54. The minimum Gasteiger partial charge on any atom is -0.497 e. The Balaban J connectivity index is 1.67. The van der Waals surface area contributed by atoms with Gasteiger partial charge in [0.25, 0.3) is 5.91 Å². The van der Waals surface area contributed by atoms with Gasteiger partial charge in [-0.05, 0) is 42.0 Å². The van der Waals surface area contributed by atoms with Gasteiger partial charge in [-0.3, -0.25) is 9.78 Å². The van der Waals surface area contributed by atoms with E-state index in [2.05, 4.69) is 15.3 Å². The van der Waals surface area contributed by atoms with E-state index in [0.717, 1.165) is 0 Å². The Labute approximate surface area is 178 Å². The predicted molar refractivity (Wildman–Crippen MR) is 111 cm³/mol. The van der Waals surface area contributed by atoms with Crippen molar-refractivity contribution in [1.29, 1.82) is 0 Å². The summed E-state index contributed by atoms with van der Waals surface area (Å²) in [5.74, 6) is 0.705. The first-order valence-corrected chi connectivity index (χ1v) is 8.99. The molecule has 0 bridgehead atoms. The van der Waals surface area contributed by atoms with Gasteiger partial charge in [0.1, 0.15) is 22.9 Å². The number of aliphatic hydroxyl groups is 1. The number of carbonyl (C=O) groups is 1. The van der Waals surface area contributed by atoms with Crippen LogP contribution in [0.25, 0.3) is 11.3 Å². The van der Waals surface area contributed by atoms with Crippen molar-refractivity contribution < 1.29 is 28.2 Å². The number of benzene rings is 2. The number of aromatic nitrogens is 2. The molecule has 0 aliphatic carbocycles. The smallest absolute Gasteiger partial charge is 0.271 e. The van der Waals surface area contributed by atoms with Gasteiger partial charge in [0.15, 0.2) is 0 Å². The Bertz CT molecular complexity index is 1080. The van der Waals surface area contributed by atoms with E-state index in [-0.39, 0.29) is 18.0 Å². The summed E-state index contributed by atoms with van der Waals surface area (Å²) in [5.41, 5.74) is 1.62. The second kappa shape index (κ2) is 9.71. The number of nitrogens with one attached hydrogen (secondary N) is 1. The van der Waals surface area contributed by atoms with Gasteiger partial charge < -0.3 is 24.6 Å². The van der Waals surface area contributed by atoms with Gasteiger partial charge in [0.2, 0.25) is 0 Å². The van der Waals surface area contributed by atoms with Gasteiger partial charge in [-0.25, -0.2) is 4.98 Å². The maximum absolute atomic E-state index is 12.6. The van der Waals surface area contributed by atoms with E-state index in [0.29, 0.717) is 28.3 Å². The van der Waals surface area contributed by atoms with Gasteiger partial charge >= 0.3 is 0 Å². The lowest BCUT2D eigenvalue weighted by molar-refractivity contribution is 0.0911. The van der Waals surface area contributed by atoms with Crippen LogP contribution in [-0.4, -0.2) is 48.8 Å². The fourth-order valence-electron chi connectivity index (χ4n) is 2.73. The highest BCUT2D eigenvalue weighted by Gasteiger charge is 2.15. The first-order chi connectivity index (χ1) is 15.7. The van der Waals surface area contributed by atoms with Crippen molar-refractivity contribution in [2.75, 3.05) is 27.8 Å². The molecule has 0 saturated heterocycles. The maximum atomic E-state index is 12.6. The highest BCUT2D eigenvalue weighted by atomic mass is 16.5. The molecule has 1 aromatic heterocycles. The van der Waals surface area contributed by atoms with E-state index in [1.54, 1.807) is 30.3 Å². The SMILES string of the molecule is [2H]C([2H])([2H])Oc1ccc(-c2cncc(C(=O)NC[C@@H](O)c3cc(OC)cc(OC)c3)n2)cc1. The molecule has 0 spiro atoms. The standard InChI is InChI=1S/C22H23N3O5/c1-28-16-6-4-14(5-7-16)19-11-23-12-20(25-19)22(27)24-13-21(26)15-8-17(29-2)10-18(9-15)30-3/h4-12,21,26H,13H2,1-3H3,(H,24,27)/t21-/m1/s1/i1D3. The van der Waals surface area contributed by atoms with Crippen LogP contribution in [0.3, 0.4) is 0 Å². The maximum Gasteiger partial charge on any atom is 0.271 e. The molecule has 2 aromatic carbocycles. The van der Waals surface area contributed by atoms with E-state index < -0.39 is 19.0 Å². The van der Waals surface area contributed by atoms with Gasteiger partial charge in [-0.1, -0.05) is 0 Å². The van der Waals surface area contributed by atoms with E-state index in [1.807, 2.05) is 0 Å². The molecule has 0 aliphatic heterocycles. The van der Waals surface area contributed by atoms with Crippen LogP contribution in [0.1, 0.15) is 26.3 Å². The average Bonchev–Trinajstić information content (AvgIpc) is 2.81. The number of hydrogen-bond donors (Lipinski definition) is 2. The number of carbonyl (C=O) groups excluding carboxylic acids is 1. The van der Waals surface area contributed by atoms with Crippen LogP contribution in [0.2, 0.25) is 0 Å². The summed E-state index contributed by atoms with van der Waals surface area (Å²) >= 11 is 0. The summed E-state index contributed by atoms with van der Waals surface area (Å²) < 4.78 is 36.7. The molecule has 0 fully saturated rings. The highest BCUT2D eigenvalue weighted by Crippen LogP contribution is 2.26. The molecule has 0 aliphatic rings. The lowest BCUT2D eigenvalue weighted by Gasteiger charge is -2.15. The molecule has 1 atom stereocenters. The second-order valence-corrected chi connectivity index (χ2v) is 6.29. The van der Waals surface area contributed by atoms with Crippen LogP contribution in [0, 0.1) is 0 Å². The number of hydrogen-bond acceptors (Lipinski definition) is 7. The summed E-state index contributed by atoms with van der Waals surface area (Å²) in [7, 11) is 0.471. The molecule has 0 unspecified atom stereocenters. The molecule has 2 N–H and O–H groups in total.